The summed E-state index contributed by atoms with van der Waals surface area (Å²) in [6, 6.07) is 13.5. The highest BCUT2D eigenvalue weighted by Crippen LogP contribution is 2.20. The van der Waals surface area contributed by atoms with Crippen molar-refractivity contribution in [2.24, 2.45) is 0 Å². The normalized spacial score (nSPS) is 11.2. The Kier molecular flexibility index (Phi) is 5.02. The second kappa shape index (κ2) is 6.76. The van der Waals surface area contributed by atoms with Crippen LogP contribution in [0.1, 0.15) is 43.6 Å². The zero-order valence-electron chi connectivity index (χ0n) is 13.1. The molecule has 1 aromatic heterocycles. The Labute approximate surface area is 122 Å². The second-order valence-electron chi connectivity index (χ2n) is 5.46. The summed E-state index contributed by atoms with van der Waals surface area (Å²) in [5.74, 6) is 0. The van der Waals surface area contributed by atoms with Crippen molar-refractivity contribution in [1.82, 2.24) is 9.88 Å². The van der Waals surface area contributed by atoms with Crippen LogP contribution in [0.3, 0.4) is 0 Å². The van der Waals surface area contributed by atoms with Crippen molar-refractivity contribution in [3.05, 3.63) is 53.3 Å². The largest absolute Gasteiger partial charge is 0.318 e. The van der Waals surface area contributed by atoms with Gasteiger partial charge in [0.2, 0.25) is 0 Å². The fourth-order valence-corrected chi connectivity index (χ4v) is 2.81. The van der Waals surface area contributed by atoms with Gasteiger partial charge in [-0.2, -0.15) is 0 Å². The highest BCUT2D eigenvalue weighted by molar-refractivity contribution is 5.40. The summed E-state index contributed by atoms with van der Waals surface area (Å²) < 4.78 is 2.34. The molecule has 0 spiro atoms. The third kappa shape index (κ3) is 3.13. The van der Waals surface area contributed by atoms with Crippen LogP contribution >= 0.6 is 0 Å². The monoisotopic (exact) mass is 270 g/mol. The van der Waals surface area contributed by atoms with E-state index < -0.39 is 0 Å². The zero-order chi connectivity index (χ0) is 14.5. The van der Waals surface area contributed by atoms with Gasteiger partial charge in [0.05, 0.1) is 0 Å². The Hall–Kier alpha value is -1.54. The number of rotatable bonds is 6. The van der Waals surface area contributed by atoms with Crippen molar-refractivity contribution in [3.63, 3.8) is 0 Å². The van der Waals surface area contributed by atoms with Crippen LogP contribution in [0.2, 0.25) is 0 Å². The predicted octanol–water partition coefficient (Wildman–Crippen LogP) is 4.37. The highest BCUT2D eigenvalue weighted by Gasteiger charge is 2.11. The average molecular weight is 270 g/mol. The lowest BCUT2D eigenvalue weighted by molar-refractivity contribution is 0.483. The van der Waals surface area contributed by atoms with Gasteiger partial charge in [0, 0.05) is 29.7 Å². The van der Waals surface area contributed by atoms with Crippen molar-refractivity contribution in [1.29, 1.82) is 0 Å². The first-order chi connectivity index (χ1) is 9.67. The summed E-state index contributed by atoms with van der Waals surface area (Å²) in [7, 11) is 0. The number of nitrogens with one attached hydrogen (secondary N) is 1. The Morgan fingerprint density at radius 3 is 2.30 bits per heavy atom. The van der Waals surface area contributed by atoms with Crippen molar-refractivity contribution in [3.8, 4) is 5.69 Å². The zero-order valence-corrected chi connectivity index (χ0v) is 13.1. The molecular formula is C18H26N2. The predicted molar refractivity (Wildman–Crippen MR) is 86.5 cm³/mol. The number of benzene rings is 1. The first-order valence-corrected chi connectivity index (χ1v) is 7.64. The lowest BCUT2D eigenvalue weighted by Crippen LogP contribution is -2.27. The maximum Gasteiger partial charge on any atom is 0.0455 e. The molecule has 0 atom stereocenters. The van der Waals surface area contributed by atoms with Gasteiger partial charge >= 0.3 is 0 Å². The van der Waals surface area contributed by atoms with Gasteiger partial charge in [-0.25, -0.2) is 0 Å². The molecule has 1 heterocycles. The molecule has 0 bridgehead atoms. The van der Waals surface area contributed by atoms with E-state index in [2.05, 4.69) is 74.0 Å². The molecule has 0 saturated heterocycles. The van der Waals surface area contributed by atoms with Crippen LogP contribution in [0, 0.1) is 13.8 Å². The standard InChI is InChI=1S/C18H26N2/c1-5-17(6-2)19-13-16-12-14(3)20(15(16)4)18-10-8-7-9-11-18/h7-12,17,19H,5-6,13H2,1-4H3. The molecule has 2 heteroatoms. The molecule has 2 nitrogen and oxygen atoms in total. The van der Waals surface area contributed by atoms with E-state index in [1.807, 2.05) is 0 Å². The van der Waals surface area contributed by atoms with Crippen LogP contribution in [0.5, 0.6) is 0 Å². The van der Waals surface area contributed by atoms with Crippen molar-refractivity contribution >= 4 is 0 Å². The Balaban J connectivity index is 2.21. The van der Waals surface area contributed by atoms with Gasteiger partial charge in [-0.15, -0.1) is 0 Å². The van der Waals surface area contributed by atoms with Crippen LogP contribution in [0.15, 0.2) is 36.4 Å². The summed E-state index contributed by atoms with van der Waals surface area (Å²) >= 11 is 0. The lowest BCUT2D eigenvalue weighted by Gasteiger charge is -2.15. The number of aromatic nitrogens is 1. The summed E-state index contributed by atoms with van der Waals surface area (Å²) in [5.41, 5.74) is 5.29. The molecule has 108 valence electrons. The van der Waals surface area contributed by atoms with Crippen molar-refractivity contribution in [2.45, 2.75) is 53.1 Å². The number of hydrogen-bond acceptors (Lipinski definition) is 1. The van der Waals surface area contributed by atoms with Crippen LogP contribution in [0.25, 0.3) is 5.69 Å². The molecule has 0 aliphatic carbocycles. The van der Waals surface area contributed by atoms with Gasteiger partial charge in [-0.3, -0.25) is 0 Å². The first kappa shape index (κ1) is 14.9. The molecular weight excluding hydrogens is 244 g/mol. The van der Waals surface area contributed by atoms with E-state index in [-0.39, 0.29) is 0 Å². The molecule has 0 unspecified atom stereocenters. The maximum absolute atomic E-state index is 3.65. The Morgan fingerprint density at radius 2 is 1.70 bits per heavy atom. The van der Waals surface area contributed by atoms with E-state index >= 15 is 0 Å². The topological polar surface area (TPSA) is 17.0 Å². The second-order valence-corrected chi connectivity index (χ2v) is 5.46. The molecule has 0 fully saturated rings. The van der Waals surface area contributed by atoms with Gasteiger partial charge in [0.15, 0.2) is 0 Å². The Morgan fingerprint density at radius 1 is 1.05 bits per heavy atom. The highest BCUT2D eigenvalue weighted by atomic mass is 15.0. The van der Waals surface area contributed by atoms with E-state index in [0.29, 0.717) is 6.04 Å². The molecule has 0 aliphatic heterocycles. The third-order valence-electron chi connectivity index (χ3n) is 4.12. The number of nitrogens with zero attached hydrogens (tertiary/aromatic N) is 1. The molecule has 2 rings (SSSR count). The minimum absolute atomic E-state index is 0.620. The van der Waals surface area contributed by atoms with Crippen molar-refractivity contribution in [2.75, 3.05) is 0 Å². The van der Waals surface area contributed by atoms with E-state index in [4.69, 9.17) is 0 Å². The first-order valence-electron chi connectivity index (χ1n) is 7.64. The molecule has 1 N–H and O–H groups in total. The molecule has 0 amide bonds. The molecule has 0 saturated carbocycles. The summed E-state index contributed by atoms with van der Waals surface area (Å²) in [5, 5.41) is 3.65. The quantitative estimate of drug-likeness (QED) is 0.824. The van der Waals surface area contributed by atoms with Crippen LogP contribution in [0.4, 0.5) is 0 Å². The third-order valence-corrected chi connectivity index (χ3v) is 4.12. The smallest absolute Gasteiger partial charge is 0.0455 e. The number of aryl methyl sites for hydroxylation is 1. The van der Waals surface area contributed by atoms with Gasteiger partial charge < -0.3 is 9.88 Å². The van der Waals surface area contributed by atoms with Gasteiger partial charge in [0.1, 0.15) is 0 Å². The van der Waals surface area contributed by atoms with Crippen LogP contribution in [-0.4, -0.2) is 10.6 Å². The molecule has 1 aromatic carbocycles. The maximum atomic E-state index is 3.65. The fraction of sp³-hybridized carbons (Fsp3) is 0.444. The molecule has 0 aliphatic rings. The Bertz CT molecular complexity index is 536. The minimum atomic E-state index is 0.620. The molecule has 0 radical (unpaired) electrons. The van der Waals surface area contributed by atoms with E-state index in [1.54, 1.807) is 0 Å². The van der Waals surface area contributed by atoms with Gasteiger partial charge in [0.25, 0.3) is 0 Å². The average Bonchev–Trinajstić information content (AvgIpc) is 2.75. The molecule has 20 heavy (non-hydrogen) atoms. The van der Waals surface area contributed by atoms with Crippen molar-refractivity contribution < 1.29 is 0 Å². The summed E-state index contributed by atoms with van der Waals surface area (Å²) in [6.07, 6.45) is 2.38. The van der Waals surface area contributed by atoms with E-state index in [1.165, 1.54) is 35.5 Å². The lowest BCUT2D eigenvalue weighted by atomic mass is 10.1. The molecule has 2 aromatic rings. The van der Waals surface area contributed by atoms with E-state index in [9.17, 15) is 0 Å². The SMILES string of the molecule is CCC(CC)NCc1cc(C)n(-c2ccccc2)c1C. The minimum Gasteiger partial charge on any atom is -0.318 e. The van der Waals surface area contributed by atoms with Gasteiger partial charge in [-0.05, 0) is 50.5 Å². The van der Waals surface area contributed by atoms with Crippen LogP contribution < -0.4 is 5.32 Å². The number of para-hydroxylation sites is 1. The summed E-state index contributed by atoms with van der Waals surface area (Å²) in [6.45, 7) is 9.84. The summed E-state index contributed by atoms with van der Waals surface area (Å²) in [4.78, 5) is 0. The van der Waals surface area contributed by atoms with Crippen LogP contribution in [-0.2, 0) is 6.54 Å². The fourth-order valence-electron chi connectivity index (χ4n) is 2.81. The number of hydrogen-bond donors (Lipinski definition) is 1. The van der Waals surface area contributed by atoms with Gasteiger partial charge in [-0.1, -0.05) is 32.0 Å². The van der Waals surface area contributed by atoms with E-state index in [0.717, 1.165) is 6.54 Å².